The van der Waals surface area contributed by atoms with Crippen molar-refractivity contribution in [3.05, 3.63) is 36.9 Å². The highest BCUT2D eigenvalue weighted by Crippen LogP contribution is 2.23. The number of nitrogens with zero attached hydrogens (tertiary/aromatic N) is 2. The Morgan fingerprint density at radius 1 is 1.32 bits per heavy atom. The molecule has 1 aliphatic heterocycles. The molecule has 0 radical (unpaired) electrons. The summed E-state index contributed by atoms with van der Waals surface area (Å²) in [7, 11) is 2.18. The molecule has 100 valence electrons. The number of oxazole rings is 1. The quantitative estimate of drug-likeness (QED) is 0.918. The topological polar surface area (TPSA) is 41.3 Å². The van der Waals surface area contributed by atoms with Crippen molar-refractivity contribution >= 4 is 5.69 Å². The summed E-state index contributed by atoms with van der Waals surface area (Å²) in [6, 6.07) is 9.51. The summed E-state index contributed by atoms with van der Waals surface area (Å²) < 4.78 is 5.28. The Kier molecular flexibility index (Phi) is 3.25. The molecule has 2 aromatic rings. The third-order valence-corrected chi connectivity index (χ3v) is 3.86. The van der Waals surface area contributed by atoms with Crippen molar-refractivity contribution in [2.75, 3.05) is 18.9 Å². The van der Waals surface area contributed by atoms with Gasteiger partial charge < -0.3 is 14.6 Å². The zero-order valence-electron chi connectivity index (χ0n) is 11.3. The highest BCUT2D eigenvalue weighted by molar-refractivity contribution is 5.60. The van der Waals surface area contributed by atoms with Gasteiger partial charge in [0.15, 0.2) is 12.2 Å². The van der Waals surface area contributed by atoms with Gasteiger partial charge in [-0.3, -0.25) is 0 Å². The van der Waals surface area contributed by atoms with Crippen molar-refractivity contribution in [1.29, 1.82) is 0 Å². The van der Waals surface area contributed by atoms with Gasteiger partial charge in [0.2, 0.25) is 0 Å². The summed E-state index contributed by atoms with van der Waals surface area (Å²) in [5.41, 5.74) is 2.22. The molecule has 0 spiro atoms. The molecular weight excluding hydrogens is 238 g/mol. The van der Waals surface area contributed by atoms with E-state index in [9.17, 15) is 0 Å². The zero-order chi connectivity index (χ0) is 13.2. The van der Waals surface area contributed by atoms with Crippen molar-refractivity contribution < 1.29 is 4.42 Å². The Balaban J connectivity index is 1.67. The molecule has 0 saturated carbocycles. The maximum atomic E-state index is 5.28. The average molecular weight is 257 g/mol. The van der Waals surface area contributed by atoms with Crippen molar-refractivity contribution in [2.45, 2.75) is 25.4 Å². The van der Waals surface area contributed by atoms with Crippen LogP contribution in [0, 0.1) is 0 Å². The van der Waals surface area contributed by atoms with E-state index >= 15 is 0 Å². The molecule has 2 heterocycles. The first kappa shape index (κ1) is 12.2. The summed E-state index contributed by atoms with van der Waals surface area (Å²) in [5.74, 6) is 0.806. The van der Waals surface area contributed by atoms with E-state index in [0.29, 0.717) is 12.1 Å². The standard InChI is InChI=1S/C15H19N3O/c1-11-7-14(9-18(11)2)17-13-5-3-12(4-6-13)15-8-16-10-19-15/h3-6,8,10-11,14,17H,7,9H2,1-2H3. The molecule has 0 aliphatic carbocycles. The van der Waals surface area contributed by atoms with E-state index in [4.69, 9.17) is 4.42 Å². The molecule has 1 fully saturated rings. The molecule has 4 nitrogen and oxygen atoms in total. The third kappa shape index (κ3) is 2.63. The van der Waals surface area contributed by atoms with E-state index in [-0.39, 0.29) is 0 Å². The second kappa shape index (κ2) is 5.05. The van der Waals surface area contributed by atoms with E-state index in [2.05, 4.69) is 53.4 Å². The van der Waals surface area contributed by atoms with Gasteiger partial charge in [0, 0.05) is 29.9 Å². The summed E-state index contributed by atoms with van der Waals surface area (Å²) in [5, 5.41) is 3.59. The number of aromatic nitrogens is 1. The lowest BCUT2D eigenvalue weighted by atomic mass is 10.1. The monoisotopic (exact) mass is 257 g/mol. The van der Waals surface area contributed by atoms with Gasteiger partial charge in [0.05, 0.1) is 6.20 Å². The van der Waals surface area contributed by atoms with E-state index in [1.54, 1.807) is 6.20 Å². The first-order valence-corrected chi connectivity index (χ1v) is 6.68. The normalized spacial score (nSPS) is 23.7. The third-order valence-electron chi connectivity index (χ3n) is 3.86. The van der Waals surface area contributed by atoms with Crippen LogP contribution in [0.3, 0.4) is 0 Å². The van der Waals surface area contributed by atoms with Gasteiger partial charge in [0.25, 0.3) is 0 Å². The maximum absolute atomic E-state index is 5.28. The number of likely N-dealkylation sites (tertiary alicyclic amines) is 1. The van der Waals surface area contributed by atoms with Crippen molar-refractivity contribution in [2.24, 2.45) is 0 Å². The summed E-state index contributed by atoms with van der Waals surface area (Å²) in [6.45, 7) is 3.37. The Bertz CT molecular complexity index is 511. The molecule has 1 aromatic carbocycles. The van der Waals surface area contributed by atoms with Crippen molar-refractivity contribution in [1.82, 2.24) is 9.88 Å². The SMILES string of the molecule is CC1CC(Nc2ccc(-c3cnco3)cc2)CN1C. The summed E-state index contributed by atoms with van der Waals surface area (Å²) in [6.07, 6.45) is 4.38. The Morgan fingerprint density at radius 2 is 2.11 bits per heavy atom. The minimum atomic E-state index is 0.538. The predicted molar refractivity (Wildman–Crippen MR) is 76.1 cm³/mol. The number of nitrogens with one attached hydrogen (secondary N) is 1. The second-order valence-corrected chi connectivity index (χ2v) is 5.31. The first-order chi connectivity index (χ1) is 9.22. The van der Waals surface area contributed by atoms with Gasteiger partial charge >= 0.3 is 0 Å². The van der Waals surface area contributed by atoms with Crippen molar-refractivity contribution in [3.8, 4) is 11.3 Å². The summed E-state index contributed by atoms with van der Waals surface area (Å²) >= 11 is 0. The van der Waals surface area contributed by atoms with Crippen LogP contribution in [0.4, 0.5) is 5.69 Å². The number of rotatable bonds is 3. The van der Waals surface area contributed by atoms with Gasteiger partial charge in [-0.1, -0.05) is 0 Å². The lowest BCUT2D eigenvalue weighted by molar-refractivity contribution is 0.330. The van der Waals surface area contributed by atoms with Crippen LogP contribution < -0.4 is 5.32 Å². The predicted octanol–water partition coefficient (Wildman–Crippen LogP) is 2.85. The highest BCUT2D eigenvalue weighted by atomic mass is 16.3. The summed E-state index contributed by atoms with van der Waals surface area (Å²) in [4.78, 5) is 6.32. The largest absolute Gasteiger partial charge is 0.444 e. The van der Waals surface area contributed by atoms with Gasteiger partial charge in [-0.15, -0.1) is 0 Å². The van der Waals surface area contributed by atoms with Crippen LogP contribution in [0.25, 0.3) is 11.3 Å². The number of hydrogen-bond donors (Lipinski definition) is 1. The van der Waals surface area contributed by atoms with E-state index in [1.165, 1.54) is 12.8 Å². The molecular formula is C15H19N3O. The number of benzene rings is 1. The average Bonchev–Trinajstić information content (AvgIpc) is 3.02. The molecule has 0 amide bonds. The molecule has 4 heteroatoms. The van der Waals surface area contributed by atoms with E-state index in [0.717, 1.165) is 23.6 Å². The number of likely N-dealkylation sites (N-methyl/N-ethyl adjacent to an activating group) is 1. The van der Waals surface area contributed by atoms with Crippen LogP contribution in [-0.2, 0) is 0 Å². The van der Waals surface area contributed by atoms with Crippen LogP contribution in [0.2, 0.25) is 0 Å². The fourth-order valence-corrected chi connectivity index (χ4v) is 2.62. The van der Waals surface area contributed by atoms with Crippen molar-refractivity contribution in [3.63, 3.8) is 0 Å². The minimum Gasteiger partial charge on any atom is -0.444 e. The molecule has 0 bridgehead atoms. The second-order valence-electron chi connectivity index (χ2n) is 5.31. The molecule has 1 saturated heterocycles. The molecule has 19 heavy (non-hydrogen) atoms. The van der Waals surface area contributed by atoms with Crippen LogP contribution in [-0.4, -0.2) is 35.6 Å². The Hall–Kier alpha value is -1.81. The van der Waals surface area contributed by atoms with E-state index in [1.807, 2.05) is 0 Å². The van der Waals surface area contributed by atoms with Crippen LogP contribution in [0.1, 0.15) is 13.3 Å². The molecule has 1 N–H and O–H groups in total. The lowest BCUT2D eigenvalue weighted by Gasteiger charge is -2.14. The maximum Gasteiger partial charge on any atom is 0.181 e. The van der Waals surface area contributed by atoms with Gasteiger partial charge in [0.1, 0.15) is 0 Å². The molecule has 1 aliphatic rings. The van der Waals surface area contributed by atoms with Gasteiger partial charge in [-0.25, -0.2) is 4.98 Å². The Morgan fingerprint density at radius 3 is 2.68 bits per heavy atom. The van der Waals surface area contributed by atoms with Gasteiger partial charge in [-0.05, 0) is 44.7 Å². The van der Waals surface area contributed by atoms with Crippen LogP contribution in [0.5, 0.6) is 0 Å². The minimum absolute atomic E-state index is 0.538. The Labute approximate surface area is 113 Å². The fraction of sp³-hybridized carbons (Fsp3) is 0.400. The van der Waals surface area contributed by atoms with E-state index < -0.39 is 0 Å². The highest BCUT2D eigenvalue weighted by Gasteiger charge is 2.25. The molecule has 1 aromatic heterocycles. The fourth-order valence-electron chi connectivity index (χ4n) is 2.62. The smallest absolute Gasteiger partial charge is 0.181 e. The van der Waals surface area contributed by atoms with Crippen LogP contribution >= 0.6 is 0 Å². The first-order valence-electron chi connectivity index (χ1n) is 6.68. The molecule has 3 rings (SSSR count). The van der Waals surface area contributed by atoms with Gasteiger partial charge in [-0.2, -0.15) is 0 Å². The zero-order valence-corrected chi connectivity index (χ0v) is 11.3. The lowest BCUT2D eigenvalue weighted by Crippen LogP contribution is -2.24. The molecule has 2 atom stereocenters. The number of anilines is 1. The van der Waals surface area contributed by atoms with Crippen LogP contribution in [0.15, 0.2) is 41.3 Å². The number of hydrogen-bond acceptors (Lipinski definition) is 4. The molecule has 2 unspecified atom stereocenters.